The van der Waals surface area contributed by atoms with Gasteiger partial charge in [0.1, 0.15) is 0 Å². The second-order valence-electron chi connectivity index (χ2n) is 27.9. The first-order valence-electron chi connectivity index (χ1n) is 30.4. The third kappa shape index (κ3) is 7.42. The topological polar surface area (TPSA) is 9.72 Å². The highest BCUT2D eigenvalue weighted by Gasteiger charge is 2.49. The summed E-state index contributed by atoms with van der Waals surface area (Å²) in [6, 6.07) is 57.4. The number of aryl methyl sites for hydroxylation is 1. The van der Waals surface area contributed by atoms with Gasteiger partial charge in [0.2, 0.25) is 0 Å². The standard InChI is InChI=1S/C73H76BN3S/c1-45-23-25-47(26-24-45)75(46-19-15-14-16-20-46)50-39-63-67-64(40-50)77(49-27-29-53-54(38-49)69(4,5)32-31-68(53,2)3)62-44-58-56(71(8,9)34-36-73(58,12)13)42-60(62)74(67)59-41-55-57(72(10,11)35-33-70(55,6)7)43-61(59)76(63)48-28-30-66-52(37-48)51-21-17-18-22-65(51)78-66/h14-30,37-44H,31-36H2,1-13H3/i1D3. The Bertz CT molecular complexity index is 4090. The zero-order valence-electron chi connectivity index (χ0n) is 51.0. The summed E-state index contributed by atoms with van der Waals surface area (Å²) in [5.74, 6) is 0. The number of para-hydroxylation sites is 1. The lowest BCUT2D eigenvalue weighted by Gasteiger charge is -2.49. The van der Waals surface area contributed by atoms with Crippen LogP contribution in [0.3, 0.4) is 0 Å². The highest BCUT2D eigenvalue weighted by atomic mass is 32.1. The molecule has 0 fully saturated rings. The summed E-state index contributed by atoms with van der Waals surface area (Å²) < 4.78 is 27.8. The van der Waals surface area contributed by atoms with Crippen molar-refractivity contribution in [2.24, 2.45) is 0 Å². The molecule has 0 radical (unpaired) electrons. The fourth-order valence-electron chi connectivity index (χ4n) is 15.0. The zero-order chi connectivity index (χ0) is 56.7. The summed E-state index contributed by atoms with van der Waals surface area (Å²) in [4.78, 5) is 7.67. The molecule has 0 unspecified atom stereocenters. The van der Waals surface area contributed by atoms with Gasteiger partial charge in [-0.15, -0.1) is 11.3 Å². The van der Waals surface area contributed by atoms with Crippen molar-refractivity contribution in [1.82, 2.24) is 0 Å². The molecule has 3 nitrogen and oxygen atoms in total. The van der Waals surface area contributed by atoms with Gasteiger partial charge in [0.25, 0.3) is 6.71 Å². The molecule has 0 bridgehead atoms. The third-order valence-electron chi connectivity index (χ3n) is 20.1. The van der Waals surface area contributed by atoms with E-state index in [1.165, 1.54) is 87.0 Å². The molecule has 392 valence electrons. The third-order valence-corrected chi connectivity index (χ3v) is 21.3. The van der Waals surface area contributed by atoms with Crippen LogP contribution in [0.15, 0.2) is 152 Å². The lowest BCUT2D eigenvalue weighted by molar-refractivity contribution is 0.332. The van der Waals surface area contributed by atoms with Crippen LogP contribution in [0.1, 0.15) is 165 Å². The second kappa shape index (κ2) is 16.7. The summed E-state index contributed by atoms with van der Waals surface area (Å²) in [6.07, 6.45) is 6.76. The summed E-state index contributed by atoms with van der Waals surface area (Å²) in [5.41, 5.74) is 23.0. The van der Waals surface area contributed by atoms with Gasteiger partial charge in [-0.3, -0.25) is 0 Å². The Hall–Kier alpha value is -6.56. The second-order valence-corrected chi connectivity index (χ2v) is 29.0. The van der Waals surface area contributed by atoms with E-state index in [0.29, 0.717) is 5.56 Å². The number of thiophene rings is 1. The zero-order valence-corrected chi connectivity index (χ0v) is 48.8. The SMILES string of the molecule is [2H]C([2H])([2H])c1ccc(N(c2ccccc2)c2cc3c4c(c2)N(c2ccc5sc6ccccc6c5c2)c2cc5c(cc2B4c2cc4c(cc2N3c2ccc3c(c2)C(C)(C)CCC3(C)C)C(C)(C)CCC4(C)C)C(C)(C)CCC5(C)C)cc1. The lowest BCUT2D eigenvalue weighted by atomic mass is 9.32. The van der Waals surface area contributed by atoms with Crippen LogP contribution >= 0.6 is 11.3 Å². The number of rotatable bonds is 5. The summed E-state index contributed by atoms with van der Waals surface area (Å²) in [5, 5.41) is 2.55. The molecule has 14 rings (SSSR count). The van der Waals surface area contributed by atoms with Gasteiger partial charge in [-0.25, -0.2) is 0 Å². The molecule has 0 amide bonds. The van der Waals surface area contributed by atoms with Crippen LogP contribution in [0, 0.1) is 6.85 Å². The number of hydrogen-bond acceptors (Lipinski definition) is 4. The molecule has 0 N–H and O–H groups in total. The lowest BCUT2D eigenvalue weighted by Crippen LogP contribution is -2.62. The van der Waals surface area contributed by atoms with Crippen LogP contribution in [0.5, 0.6) is 0 Å². The van der Waals surface area contributed by atoms with Crippen LogP contribution in [-0.2, 0) is 32.5 Å². The minimum Gasteiger partial charge on any atom is -0.311 e. The summed E-state index contributed by atoms with van der Waals surface area (Å²) in [6.45, 7) is 27.3. The highest BCUT2D eigenvalue weighted by molar-refractivity contribution is 7.25. The van der Waals surface area contributed by atoms with Crippen molar-refractivity contribution in [2.75, 3.05) is 14.7 Å². The van der Waals surface area contributed by atoms with E-state index in [-0.39, 0.29) is 39.2 Å². The van der Waals surface area contributed by atoms with E-state index in [4.69, 9.17) is 4.11 Å². The maximum atomic E-state index is 8.40. The molecule has 5 heteroatoms. The summed E-state index contributed by atoms with van der Waals surface area (Å²) in [7, 11) is 0. The first-order chi connectivity index (χ1) is 38.2. The maximum absolute atomic E-state index is 8.40. The van der Waals surface area contributed by atoms with Crippen LogP contribution in [-0.4, -0.2) is 6.71 Å². The molecule has 0 spiro atoms. The van der Waals surface area contributed by atoms with Crippen molar-refractivity contribution in [3.05, 3.63) is 191 Å². The van der Waals surface area contributed by atoms with E-state index in [9.17, 15) is 0 Å². The van der Waals surface area contributed by atoms with Gasteiger partial charge in [-0.1, -0.05) is 155 Å². The van der Waals surface area contributed by atoms with Gasteiger partial charge >= 0.3 is 0 Å². The van der Waals surface area contributed by atoms with Crippen molar-refractivity contribution in [1.29, 1.82) is 0 Å². The van der Waals surface area contributed by atoms with E-state index in [0.717, 1.165) is 72.6 Å². The van der Waals surface area contributed by atoms with Crippen LogP contribution < -0.4 is 31.1 Å². The van der Waals surface area contributed by atoms with Crippen molar-refractivity contribution in [3.8, 4) is 0 Å². The Morgan fingerprint density at radius 2 is 0.846 bits per heavy atom. The van der Waals surface area contributed by atoms with Crippen LogP contribution in [0.2, 0.25) is 0 Å². The Morgan fingerprint density at radius 3 is 1.40 bits per heavy atom. The van der Waals surface area contributed by atoms with E-state index in [1.54, 1.807) is 12.1 Å². The molecular weight excluding hydrogens is 962 g/mol. The molecule has 0 saturated carbocycles. The molecule has 3 aliphatic carbocycles. The smallest absolute Gasteiger partial charge is 0.252 e. The molecular formula is C73H76BN3S. The van der Waals surface area contributed by atoms with Gasteiger partial charge in [0.05, 0.1) is 5.69 Å². The van der Waals surface area contributed by atoms with Crippen LogP contribution in [0.25, 0.3) is 20.2 Å². The predicted octanol–water partition coefficient (Wildman–Crippen LogP) is 19.0. The van der Waals surface area contributed by atoms with E-state index in [2.05, 4.69) is 225 Å². The first-order valence-corrected chi connectivity index (χ1v) is 29.7. The number of nitrogens with zero attached hydrogens (tertiary/aromatic N) is 3. The van der Waals surface area contributed by atoms with Gasteiger partial charge in [-0.2, -0.15) is 0 Å². The Labute approximate surface area is 473 Å². The Morgan fingerprint density at radius 1 is 0.397 bits per heavy atom. The minimum absolute atomic E-state index is 0.0178. The molecule has 9 aromatic rings. The monoisotopic (exact) mass is 1040 g/mol. The van der Waals surface area contributed by atoms with Crippen molar-refractivity contribution >= 4 is 106 Å². The number of fused-ring (bicyclic) bond motifs is 10. The first kappa shape index (κ1) is 46.4. The van der Waals surface area contributed by atoms with Gasteiger partial charge in [0, 0.05) is 69.8 Å². The molecule has 2 aliphatic heterocycles. The highest BCUT2D eigenvalue weighted by Crippen LogP contribution is 2.56. The van der Waals surface area contributed by atoms with Gasteiger partial charge in [-0.05, 0) is 213 Å². The van der Waals surface area contributed by atoms with E-state index in [1.807, 2.05) is 23.5 Å². The Balaban J connectivity index is 1.16. The van der Waals surface area contributed by atoms with Crippen molar-refractivity contribution in [2.45, 2.75) is 161 Å². The van der Waals surface area contributed by atoms with Gasteiger partial charge < -0.3 is 14.7 Å². The average Bonchev–Trinajstić information content (AvgIpc) is 3.87. The largest absolute Gasteiger partial charge is 0.311 e. The fraction of sp³-hybridized carbons (Fsp3) is 0.342. The summed E-state index contributed by atoms with van der Waals surface area (Å²) >= 11 is 1.87. The molecule has 0 saturated heterocycles. The number of anilines is 9. The van der Waals surface area contributed by atoms with E-state index >= 15 is 0 Å². The molecule has 8 aromatic carbocycles. The predicted molar refractivity (Wildman–Crippen MR) is 339 cm³/mol. The van der Waals surface area contributed by atoms with Crippen LogP contribution in [0.4, 0.5) is 51.2 Å². The Kier molecular flexibility index (Phi) is 9.95. The normalized spacial score (nSPS) is 20.1. The van der Waals surface area contributed by atoms with Crippen molar-refractivity contribution < 1.29 is 4.11 Å². The molecule has 5 aliphatic rings. The molecule has 1 aromatic heterocycles. The average molecular weight is 1040 g/mol. The van der Waals surface area contributed by atoms with E-state index < -0.39 is 6.85 Å². The quantitative estimate of drug-likeness (QED) is 0.159. The number of benzene rings is 8. The molecule has 3 heterocycles. The molecule has 0 atom stereocenters. The fourth-order valence-corrected chi connectivity index (χ4v) is 16.1. The molecule has 78 heavy (non-hydrogen) atoms. The number of hydrogen-bond donors (Lipinski definition) is 0. The van der Waals surface area contributed by atoms with Gasteiger partial charge in [0.15, 0.2) is 0 Å². The van der Waals surface area contributed by atoms with Crippen molar-refractivity contribution in [3.63, 3.8) is 0 Å². The minimum atomic E-state index is -2.23. The maximum Gasteiger partial charge on any atom is 0.252 e.